The number of hydrogen-bond acceptors (Lipinski definition) is 6. The molecule has 0 unspecified atom stereocenters. The first-order valence-electron chi connectivity index (χ1n) is 13.5. The van der Waals surface area contributed by atoms with Gasteiger partial charge in [0.25, 0.3) is 0 Å². The van der Waals surface area contributed by atoms with Crippen LogP contribution in [-0.2, 0) is 36.7 Å². The maximum absolute atomic E-state index is 14.1. The first-order chi connectivity index (χ1) is 18.7. The summed E-state index contributed by atoms with van der Waals surface area (Å²) in [6.45, 7) is 8.23. The van der Waals surface area contributed by atoms with E-state index in [0.29, 0.717) is 19.6 Å². The predicted octanol–water partition coefficient (Wildman–Crippen LogP) is 5.95. The molecule has 3 aromatic carbocycles. The molecule has 39 heavy (non-hydrogen) atoms. The van der Waals surface area contributed by atoms with E-state index in [1.807, 2.05) is 67.6 Å². The van der Waals surface area contributed by atoms with E-state index in [0.717, 1.165) is 16.7 Å². The number of hydrogen-bond donors (Lipinski definition) is 0. The van der Waals surface area contributed by atoms with Crippen LogP contribution in [0.3, 0.4) is 0 Å². The van der Waals surface area contributed by atoms with E-state index in [2.05, 4.69) is 17.0 Å². The molecule has 0 saturated carbocycles. The van der Waals surface area contributed by atoms with Crippen molar-refractivity contribution in [3.05, 3.63) is 102 Å². The molecular weight excluding hydrogens is 531 g/mol. The van der Waals surface area contributed by atoms with Gasteiger partial charge in [0.2, 0.25) is 10.0 Å². The molecule has 3 aromatic rings. The van der Waals surface area contributed by atoms with Gasteiger partial charge in [0, 0.05) is 38.6 Å². The van der Waals surface area contributed by atoms with Gasteiger partial charge in [0.05, 0.1) is 23.8 Å². The monoisotopic (exact) mass is 570 g/mol. The minimum atomic E-state index is -3.83. The Kier molecular flexibility index (Phi) is 10.2. The standard InChI is InChI=1S/C30H39N2O5PS/c1-4-36-38(33,37-5-2)30-24-31(20-26-12-8-6-9-13-26)22-28(30)23-32(21-27-14-10-7-11-15-27)39(34,35)29-18-16-25(3)17-19-29/h6-19,28,30H,4-5,20-24H2,1-3H3/t28-,30-/m0/s1. The van der Waals surface area contributed by atoms with Gasteiger partial charge in [-0.25, -0.2) is 8.42 Å². The average Bonchev–Trinajstić information content (AvgIpc) is 3.33. The van der Waals surface area contributed by atoms with E-state index in [9.17, 15) is 13.0 Å². The highest BCUT2D eigenvalue weighted by molar-refractivity contribution is 7.89. The molecule has 2 atom stereocenters. The molecule has 4 rings (SSSR count). The molecule has 0 aromatic heterocycles. The van der Waals surface area contributed by atoms with Crippen molar-refractivity contribution < 1.29 is 22.0 Å². The van der Waals surface area contributed by atoms with E-state index < -0.39 is 23.3 Å². The van der Waals surface area contributed by atoms with Gasteiger partial charge in [0.15, 0.2) is 0 Å². The second-order valence-electron chi connectivity index (χ2n) is 9.98. The number of sulfonamides is 1. The summed E-state index contributed by atoms with van der Waals surface area (Å²) in [4.78, 5) is 2.48. The van der Waals surface area contributed by atoms with Crippen LogP contribution in [0.15, 0.2) is 89.8 Å². The van der Waals surface area contributed by atoms with Gasteiger partial charge in [-0.1, -0.05) is 78.4 Å². The molecule has 0 aliphatic carbocycles. The molecule has 0 radical (unpaired) electrons. The van der Waals surface area contributed by atoms with Crippen LogP contribution in [0.1, 0.15) is 30.5 Å². The van der Waals surface area contributed by atoms with E-state index in [4.69, 9.17) is 9.05 Å². The minimum absolute atomic E-state index is 0.200. The van der Waals surface area contributed by atoms with Crippen molar-refractivity contribution in [2.24, 2.45) is 5.92 Å². The fourth-order valence-electron chi connectivity index (χ4n) is 5.19. The van der Waals surface area contributed by atoms with Crippen LogP contribution in [0.5, 0.6) is 0 Å². The average molecular weight is 571 g/mol. The third kappa shape index (κ3) is 7.46. The van der Waals surface area contributed by atoms with Crippen LogP contribution in [0.4, 0.5) is 0 Å². The maximum atomic E-state index is 14.1. The third-order valence-corrected chi connectivity index (χ3v) is 11.5. The fraction of sp³-hybridized carbons (Fsp3) is 0.400. The Labute approximate surface area is 233 Å². The highest BCUT2D eigenvalue weighted by Crippen LogP contribution is 2.57. The zero-order valence-electron chi connectivity index (χ0n) is 23.0. The fourth-order valence-corrected chi connectivity index (χ4v) is 8.99. The molecule has 9 heteroatoms. The molecule has 7 nitrogen and oxygen atoms in total. The van der Waals surface area contributed by atoms with Gasteiger partial charge >= 0.3 is 7.60 Å². The summed E-state index contributed by atoms with van der Waals surface area (Å²) < 4.78 is 55.2. The summed E-state index contributed by atoms with van der Waals surface area (Å²) >= 11 is 0. The molecule has 210 valence electrons. The number of aryl methyl sites for hydroxylation is 1. The molecule has 1 saturated heterocycles. The molecule has 0 N–H and O–H groups in total. The number of nitrogens with zero attached hydrogens (tertiary/aromatic N) is 2. The van der Waals surface area contributed by atoms with Crippen LogP contribution in [-0.4, -0.2) is 56.1 Å². The van der Waals surface area contributed by atoms with E-state index >= 15 is 0 Å². The van der Waals surface area contributed by atoms with Crippen molar-refractivity contribution in [3.8, 4) is 0 Å². The van der Waals surface area contributed by atoms with Crippen LogP contribution < -0.4 is 0 Å². The first kappa shape index (κ1) is 29.7. The topological polar surface area (TPSA) is 76.2 Å². The lowest BCUT2D eigenvalue weighted by molar-refractivity contribution is 0.204. The SMILES string of the molecule is CCOP(=O)(OCC)[C@H]1CN(Cc2ccccc2)C[C@H]1CN(Cc1ccccc1)S(=O)(=O)c1ccc(C)cc1. The molecule has 1 heterocycles. The van der Waals surface area contributed by atoms with E-state index in [-0.39, 0.29) is 37.1 Å². The Morgan fingerprint density at radius 1 is 0.846 bits per heavy atom. The quantitative estimate of drug-likeness (QED) is 0.236. The number of benzene rings is 3. The molecule has 1 aliphatic heterocycles. The van der Waals surface area contributed by atoms with Crippen molar-refractivity contribution in [3.63, 3.8) is 0 Å². The van der Waals surface area contributed by atoms with Crippen molar-refractivity contribution in [1.29, 1.82) is 0 Å². The second kappa shape index (κ2) is 13.4. The summed E-state index contributed by atoms with van der Waals surface area (Å²) in [6.07, 6.45) is 0. The highest BCUT2D eigenvalue weighted by Gasteiger charge is 2.48. The summed E-state index contributed by atoms with van der Waals surface area (Å²) in [6, 6.07) is 26.6. The van der Waals surface area contributed by atoms with Gasteiger partial charge in [0.1, 0.15) is 0 Å². The Hall–Kier alpha value is -2.32. The smallest absolute Gasteiger partial charge is 0.309 e. The van der Waals surface area contributed by atoms with E-state index in [1.54, 1.807) is 26.0 Å². The van der Waals surface area contributed by atoms with Crippen LogP contribution in [0, 0.1) is 12.8 Å². The molecular formula is C30H39N2O5PS. The Morgan fingerprint density at radius 2 is 1.41 bits per heavy atom. The van der Waals surface area contributed by atoms with Crippen LogP contribution in [0.25, 0.3) is 0 Å². The third-order valence-electron chi connectivity index (χ3n) is 7.05. The zero-order valence-corrected chi connectivity index (χ0v) is 24.7. The van der Waals surface area contributed by atoms with Gasteiger partial charge in [-0.3, -0.25) is 9.46 Å². The minimum Gasteiger partial charge on any atom is -0.309 e. The molecule has 1 aliphatic rings. The van der Waals surface area contributed by atoms with Gasteiger partial charge < -0.3 is 9.05 Å². The Balaban J connectivity index is 1.69. The van der Waals surface area contributed by atoms with Gasteiger partial charge in [-0.2, -0.15) is 4.31 Å². The van der Waals surface area contributed by atoms with Crippen LogP contribution in [0.2, 0.25) is 0 Å². The zero-order chi connectivity index (χ0) is 27.9. The van der Waals surface area contributed by atoms with Crippen molar-refractivity contribution in [2.75, 3.05) is 32.8 Å². The molecule has 0 spiro atoms. The Bertz CT molecular complexity index is 1330. The first-order valence-corrected chi connectivity index (χ1v) is 16.6. The molecule has 1 fully saturated rings. The molecule has 0 bridgehead atoms. The number of rotatable bonds is 13. The summed E-state index contributed by atoms with van der Waals surface area (Å²) in [7, 11) is -7.33. The lowest BCUT2D eigenvalue weighted by atomic mass is 10.1. The largest absolute Gasteiger partial charge is 0.335 e. The van der Waals surface area contributed by atoms with E-state index in [1.165, 1.54) is 4.31 Å². The van der Waals surface area contributed by atoms with Gasteiger partial charge in [-0.15, -0.1) is 0 Å². The van der Waals surface area contributed by atoms with Crippen molar-refractivity contribution >= 4 is 17.6 Å². The maximum Gasteiger partial charge on any atom is 0.335 e. The summed E-state index contributed by atoms with van der Waals surface area (Å²) in [5.74, 6) is -0.249. The predicted molar refractivity (Wildman–Crippen MR) is 155 cm³/mol. The normalized spacial score (nSPS) is 18.6. The Morgan fingerprint density at radius 3 is 1.97 bits per heavy atom. The summed E-state index contributed by atoms with van der Waals surface area (Å²) in [5.41, 5.74) is 2.58. The number of likely N-dealkylation sites (tertiary alicyclic amines) is 1. The lowest BCUT2D eigenvalue weighted by Gasteiger charge is -2.31. The van der Waals surface area contributed by atoms with Gasteiger partial charge in [-0.05, 0) is 44.0 Å². The van der Waals surface area contributed by atoms with Crippen LogP contribution >= 0.6 is 7.60 Å². The van der Waals surface area contributed by atoms with Crippen molar-refractivity contribution in [2.45, 2.75) is 44.4 Å². The second-order valence-corrected chi connectivity index (χ2v) is 14.2. The highest BCUT2D eigenvalue weighted by atomic mass is 32.2. The molecule has 0 amide bonds. The summed E-state index contributed by atoms with van der Waals surface area (Å²) in [5, 5.41) is 0. The van der Waals surface area contributed by atoms with Crippen molar-refractivity contribution in [1.82, 2.24) is 9.21 Å². The lowest BCUT2D eigenvalue weighted by Crippen LogP contribution is -2.39.